The van der Waals surface area contributed by atoms with Crippen molar-refractivity contribution in [2.75, 3.05) is 13.7 Å². The average molecular weight is 248 g/mol. The number of hydrogen-bond acceptors (Lipinski definition) is 3. The molecule has 0 aliphatic rings. The van der Waals surface area contributed by atoms with Crippen LogP contribution in [0.25, 0.3) is 0 Å². The summed E-state index contributed by atoms with van der Waals surface area (Å²) in [4.78, 5) is 0. The molecule has 0 unspecified atom stereocenters. The van der Waals surface area contributed by atoms with Gasteiger partial charge in [-0.25, -0.2) is 0 Å². The first kappa shape index (κ1) is 10.7. The van der Waals surface area contributed by atoms with Crippen molar-refractivity contribution in [1.29, 1.82) is 0 Å². The van der Waals surface area contributed by atoms with Gasteiger partial charge >= 0.3 is 0 Å². The van der Waals surface area contributed by atoms with Crippen LogP contribution < -0.4 is 0 Å². The zero-order valence-electron chi connectivity index (χ0n) is 7.96. The van der Waals surface area contributed by atoms with E-state index < -0.39 is 0 Å². The predicted molar refractivity (Wildman–Crippen MR) is 53.9 cm³/mol. The highest BCUT2D eigenvalue weighted by atomic mass is 79.9. The second kappa shape index (κ2) is 5.34. The van der Waals surface area contributed by atoms with Gasteiger partial charge in [0.2, 0.25) is 0 Å². The van der Waals surface area contributed by atoms with Crippen LogP contribution in [0.5, 0.6) is 0 Å². The summed E-state index contributed by atoms with van der Waals surface area (Å²) in [6.45, 7) is 3.60. The third kappa shape index (κ3) is 2.51. The normalized spacial score (nSPS) is 10.7. The van der Waals surface area contributed by atoms with Gasteiger partial charge < -0.3 is 9.30 Å². The number of alkyl halides is 1. The molecule has 0 fully saturated rings. The van der Waals surface area contributed by atoms with Crippen LogP contribution in [0.3, 0.4) is 0 Å². The Balaban J connectivity index is 2.78. The second-order valence-electron chi connectivity index (χ2n) is 2.66. The van der Waals surface area contributed by atoms with Gasteiger partial charge in [0.1, 0.15) is 11.6 Å². The Morgan fingerprint density at radius 3 is 2.62 bits per heavy atom. The van der Waals surface area contributed by atoms with E-state index in [1.54, 1.807) is 7.11 Å². The molecule has 74 valence electrons. The van der Waals surface area contributed by atoms with Crippen LogP contribution in [0.4, 0.5) is 0 Å². The van der Waals surface area contributed by atoms with E-state index in [-0.39, 0.29) is 0 Å². The summed E-state index contributed by atoms with van der Waals surface area (Å²) in [5, 5.41) is 8.89. The van der Waals surface area contributed by atoms with E-state index in [1.165, 1.54) is 0 Å². The molecule has 5 heteroatoms. The number of nitrogens with zero attached hydrogens (tertiary/aromatic N) is 3. The van der Waals surface area contributed by atoms with Gasteiger partial charge in [-0.15, -0.1) is 10.2 Å². The van der Waals surface area contributed by atoms with E-state index in [1.807, 2.05) is 0 Å². The van der Waals surface area contributed by atoms with Gasteiger partial charge in [0.25, 0.3) is 0 Å². The summed E-state index contributed by atoms with van der Waals surface area (Å²) in [6, 6.07) is 0. The zero-order chi connectivity index (χ0) is 9.68. The number of rotatable bonds is 5. The van der Waals surface area contributed by atoms with Crippen LogP contribution >= 0.6 is 15.9 Å². The molecule has 1 heterocycles. The molecule has 4 nitrogen and oxygen atoms in total. The van der Waals surface area contributed by atoms with Crippen molar-refractivity contribution in [3.63, 3.8) is 0 Å². The van der Waals surface area contributed by atoms with Crippen molar-refractivity contribution in [2.24, 2.45) is 0 Å². The largest absolute Gasteiger partial charge is 0.383 e. The van der Waals surface area contributed by atoms with Crippen LogP contribution in [0.2, 0.25) is 0 Å². The molecular formula is C8H14BrN3O. The van der Waals surface area contributed by atoms with E-state index in [9.17, 15) is 0 Å². The van der Waals surface area contributed by atoms with Crippen LogP contribution in [-0.2, 0) is 23.0 Å². The zero-order valence-corrected chi connectivity index (χ0v) is 9.54. The van der Waals surface area contributed by atoms with Gasteiger partial charge in [-0.1, -0.05) is 22.9 Å². The number of halogens is 1. The lowest BCUT2D eigenvalue weighted by molar-refractivity contribution is 0.185. The summed E-state index contributed by atoms with van der Waals surface area (Å²) in [6.07, 6.45) is 0.906. The first-order valence-electron chi connectivity index (χ1n) is 4.29. The number of aromatic nitrogens is 3. The third-order valence-corrected chi connectivity index (χ3v) is 2.36. The lowest BCUT2D eigenvalue weighted by Crippen LogP contribution is -2.10. The fourth-order valence-electron chi connectivity index (χ4n) is 1.17. The monoisotopic (exact) mass is 247 g/mol. The number of methoxy groups -OCH3 is 1. The molecule has 0 radical (unpaired) electrons. The Labute approximate surface area is 86.4 Å². The maximum Gasteiger partial charge on any atom is 0.143 e. The molecule has 0 aliphatic carbocycles. The van der Waals surface area contributed by atoms with Gasteiger partial charge in [-0.2, -0.15) is 0 Å². The lowest BCUT2D eigenvalue weighted by Gasteiger charge is -2.06. The molecule has 0 amide bonds. The van der Waals surface area contributed by atoms with Crippen LogP contribution in [-0.4, -0.2) is 28.5 Å². The smallest absolute Gasteiger partial charge is 0.143 e. The molecule has 0 bridgehead atoms. The Kier molecular flexibility index (Phi) is 4.38. The van der Waals surface area contributed by atoms with Crippen molar-refractivity contribution in [1.82, 2.24) is 14.8 Å². The topological polar surface area (TPSA) is 39.9 Å². The van der Waals surface area contributed by atoms with Crippen molar-refractivity contribution in [2.45, 2.75) is 25.2 Å². The quantitative estimate of drug-likeness (QED) is 0.739. The third-order valence-electron chi connectivity index (χ3n) is 1.86. The molecule has 0 atom stereocenters. The maximum absolute atomic E-state index is 5.02. The Morgan fingerprint density at radius 2 is 2.08 bits per heavy atom. The molecule has 0 spiro atoms. The number of ether oxygens (including phenoxy) is 1. The number of aryl methyl sites for hydroxylation is 1. The summed E-state index contributed by atoms with van der Waals surface area (Å²) < 4.78 is 7.12. The van der Waals surface area contributed by atoms with E-state index in [2.05, 4.69) is 37.6 Å². The highest BCUT2D eigenvalue weighted by Gasteiger charge is 2.08. The average Bonchev–Trinajstić information content (AvgIpc) is 2.56. The Hall–Kier alpha value is -0.420. The van der Waals surface area contributed by atoms with Crippen molar-refractivity contribution < 1.29 is 4.74 Å². The first-order valence-corrected chi connectivity index (χ1v) is 5.41. The molecule has 1 aromatic heterocycles. The molecule has 1 aromatic rings. The van der Waals surface area contributed by atoms with Gasteiger partial charge in [-0.05, 0) is 0 Å². The molecule has 0 aromatic carbocycles. The Morgan fingerprint density at radius 1 is 1.38 bits per heavy atom. The van der Waals surface area contributed by atoms with E-state index in [0.717, 1.165) is 29.9 Å². The first-order chi connectivity index (χ1) is 6.33. The second-order valence-corrected chi connectivity index (χ2v) is 3.22. The van der Waals surface area contributed by atoms with E-state index in [0.29, 0.717) is 6.61 Å². The minimum Gasteiger partial charge on any atom is -0.383 e. The van der Waals surface area contributed by atoms with Crippen molar-refractivity contribution in [3.8, 4) is 0 Å². The molecule has 1 rings (SSSR count). The molecule has 0 aliphatic heterocycles. The molecule has 13 heavy (non-hydrogen) atoms. The van der Waals surface area contributed by atoms with Crippen LogP contribution in [0.15, 0.2) is 0 Å². The summed E-state index contributed by atoms with van der Waals surface area (Å²) >= 11 is 3.38. The molecular weight excluding hydrogens is 234 g/mol. The fraction of sp³-hybridized carbons (Fsp3) is 0.750. The highest BCUT2D eigenvalue weighted by Crippen LogP contribution is 2.06. The fourth-order valence-corrected chi connectivity index (χ4v) is 1.59. The summed E-state index contributed by atoms with van der Waals surface area (Å²) in [5.41, 5.74) is 0. The van der Waals surface area contributed by atoms with Gasteiger partial charge in [0, 0.05) is 20.1 Å². The van der Waals surface area contributed by atoms with Crippen molar-refractivity contribution >= 4 is 15.9 Å². The van der Waals surface area contributed by atoms with E-state index in [4.69, 9.17) is 4.74 Å². The molecule has 0 saturated heterocycles. The predicted octanol–water partition coefficient (Wildman–Crippen LogP) is 1.38. The highest BCUT2D eigenvalue weighted by molar-refractivity contribution is 9.08. The maximum atomic E-state index is 5.02. The van der Waals surface area contributed by atoms with Gasteiger partial charge in [-0.3, -0.25) is 0 Å². The van der Waals surface area contributed by atoms with E-state index >= 15 is 0 Å². The molecule has 0 N–H and O–H groups in total. The van der Waals surface area contributed by atoms with Gasteiger partial charge in [0.15, 0.2) is 0 Å². The standard InChI is InChI=1S/C8H14BrN3O/c1-3-7-10-11-8(6-9)12(7)4-5-13-2/h3-6H2,1-2H3. The lowest BCUT2D eigenvalue weighted by atomic mass is 10.4. The van der Waals surface area contributed by atoms with Crippen molar-refractivity contribution in [3.05, 3.63) is 11.6 Å². The Bertz CT molecular complexity index is 240. The minimum absolute atomic E-state index is 0.699. The SMILES string of the molecule is CCc1nnc(CBr)n1CCOC. The number of hydrogen-bond donors (Lipinski definition) is 0. The van der Waals surface area contributed by atoms with Crippen LogP contribution in [0.1, 0.15) is 18.6 Å². The molecule has 0 saturated carbocycles. The van der Waals surface area contributed by atoms with Gasteiger partial charge in [0.05, 0.1) is 11.9 Å². The summed E-state index contributed by atoms with van der Waals surface area (Å²) in [5.74, 6) is 1.99. The van der Waals surface area contributed by atoms with Crippen LogP contribution in [0, 0.1) is 0 Å². The summed E-state index contributed by atoms with van der Waals surface area (Å²) in [7, 11) is 1.70. The minimum atomic E-state index is 0.699.